The highest BCUT2D eigenvalue weighted by molar-refractivity contribution is 5.89. The minimum absolute atomic E-state index is 0.0226. The summed E-state index contributed by atoms with van der Waals surface area (Å²) in [5.74, 6) is -0.445. The summed E-state index contributed by atoms with van der Waals surface area (Å²) in [5.41, 5.74) is -0.179. The van der Waals surface area contributed by atoms with Crippen LogP contribution in [0.15, 0.2) is 24.3 Å². The lowest BCUT2D eigenvalue weighted by molar-refractivity contribution is -0.137. The molecule has 25 heavy (non-hydrogen) atoms. The van der Waals surface area contributed by atoms with E-state index in [4.69, 9.17) is 0 Å². The molecule has 0 spiro atoms. The Labute approximate surface area is 144 Å². The third-order valence-electron chi connectivity index (χ3n) is 4.17. The zero-order valence-corrected chi connectivity index (χ0v) is 14.3. The first-order valence-corrected chi connectivity index (χ1v) is 8.11. The molecule has 2 unspecified atom stereocenters. The summed E-state index contributed by atoms with van der Waals surface area (Å²) in [6.07, 6.45) is -4.66. The van der Waals surface area contributed by atoms with Gasteiger partial charge in [0.15, 0.2) is 0 Å². The number of rotatable bonds is 4. The third kappa shape index (κ3) is 4.94. The quantitative estimate of drug-likeness (QED) is 0.775. The Kier molecular flexibility index (Phi) is 5.72. The van der Waals surface area contributed by atoms with Crippen LogP contribution in [0.25, 0.3) is 0 Å². The number of amides is 2. The first-order chi connectivity index (χ1) is 11.6. The third-order valence-corrected chi connectivity index (χ3v) is 4.17. The maximum atomic E-state index is 12.6. The van der Waals surface area contributed by atoms with E-state index in [0.29, 0.717) is 5.56 Å². The van der Waals surface area contributed by atoms with Crippen LogP contribution >= 0.6 is 0 Å². The summed E-state index contributed by atoms with van der Waals surface area (Å²) in [7, 11) is 0. The van der Waals surface area contributed by atoms with Crippen molar-refractivity contribution < 1.29 is 22.8 Å². The van der Waals surface area contributed by atoms with Crippen LogP contribution in [0.4, 0.5) is 13.2 Å². The zero-order chi connectivity index (χ0) is 18.8. The van der Waals surface area contributed by atoms with Gasteiger partial charge < -0.3 is 10.6 Å². The molecule has 0 radical (unpaired) electrons. The molecule has 2 amide bonds. The normalized spacial score (nSPS) is 22.4. The van der Waals surface area contributed by atoms with E-state index in [1.165, 1.54) is 12.1 Å². The van der Waals surface area contributed by atoms with Crippen molar-refractivity contribution in [1.29, 1.82) is 0 Å². The van der Waals surface area contributed by atoms with E-state index in [-0.39, 0.29) is 30.3 Å². The lowest BCUT2D eigenvalue weighted by atomic mass is 10.0. The first-order valence-electron chi connectivity index (χ1n) is 8.11. The first kappa shape index (κ1) is 19.2. The van der Waals surface area contributed by atoms with Gasteiger partial charge in [0.1, 0.15) is 0 Å². The number of carbonyl (C=O) groups excluding carboxylic acids is 2. The molecule has 138 valence electrons. The van der Waals surface area contributed by atoms with Crippen molar-refractivity contribution >= 4 is 11.8 Å². The number of benzene rings is 1. The molecule has 1 fully saturated rings. The van der Waals surface area contributed by atoms with Gasteiger partial charge in [-0.05, 0) is 30.5 Å². The summed E-state index contributed by atoms with van der Waals surface area (Å²) in [5, 5.41) is 8.59. The van der Waals surface area contributed by atoms with E-state index in [2.05, 4.69) is 16.0 Å². The number of carbonyl (C=O) groups is 2. The van der Waals surface area contributed by atoms with Gasteiger partial charge in [0, 0.05) is 0 Å². The van der Waals surface area contributed by atoms with Gasteiger partial charge in [-0.25, -0.2) is 0 Å². The second kappa shape index (κ2) is 7.43. The van der Waals surface area contributed by atoms with Crippen molar-refractivity contribution in [2.24, 2.45) is 5.92 Å². The van der Waals surface area contributed by atoms with Crippen LogP contribution in [0.3, 0.4) is 0 Å². The Bertz CT molecular complexity index is 629. The monoisotopic (exact) mass is 357 g/mol. The molecule has 1 heterocycles. The molecule has 0 saturated carbocycles. The maximum absolute atomic E-state index is 12.6. The van der Waals surface area contributed by atoms with Crippen LogP contribution in [0.2, 0.25) is 0 Å². The summed E-state index contributed by atoms with van der Waals surface area (Å²) < 4.78 is 37.8. The Morgan fingerprint density at radius 1 is 1.20 bits per heavy atom. The molecule has 0 aromatic heterocycles. The Hall–Kier alpha value is -2.09. The van der Waals surface area contributed by atoms with Crippen molar-refractivity contribution in [3.05, 3.63) is 35.4 Å². The Morgan fingerprint density at radius 3 is 2.32 bits per heavy atom. The standard InChI is InChI=1S/C17H22F3N3O2/c1-9(2)15-22-13(8-14(24)23-15)16(25)21-10(3)11-4-6-12(7-5-11)17(18,19)20/h4-7,9-10,13,15,22H,8H2,1-3H3,(H,21,25)(H,23,24)/t10-,13?,15?/m1/s1. The van der Waals surface area contributed by atoms with Gasteiger partial charge in [-0.2, -0.15) is 13.2 Å². The molecule has 8 heteroatoms. The molecule has 1 saturated heterocycles. The van der Waals surface area contributed by atoms with E-state index in [0.717, 1.165) is 12.1 Å². The second-order valence-corrected chi connectivity index (χ2v) is 6.56. The zero-order valence-electron chi connectivity index (χ0n) is 14.3. The predicted octanol–water partition coefficient (Wildman–Crippen LogP) is 2.34. The molecule has 0 bridgehead atoms. The van der Waals surface area contributed by atoms with Crippen molar-refractivity contribution in [2.75, 3.05) is 0 Å². The smallest absolute Gasteiger partial charge is 0.348 e. The van der Waals surface area contributed by atoms with Gasteiger partial charge in [0.05, 0.1) is 30.2 Å². The van der Waals surface area contributed by atoms with Gasteiger partial charge in [-0.15, -0.1) is 0 Å². The highest BCUT2D eigenvalue weighted by atomic mass is 19.4. The highest BCUT2D eigenvalue weighted by Gasteiger charge is 2.33. The molecular formula is C17H22F3N3O2. The summed E-state index contributed by atoms with van der Waals surface area (Å²) >= 11 is 0. The largest absolute Gasteiger partial charge is 0.416 e. The molecular weight excluding hydrogens is 335 g/mol. The molecule has 1 aliphatic rings. The van der Waals surface area contributed by atoms with Gasteiger partial charge in [-0.3, -0.25) is 14.9 Å². The molecule has 0 aliphatic carbocycles. The average Bonchev–Trinajstić information content (AvgIpc) is 2.53. The van der Waals surface area contributed by atoms with Crippen LogP contribution in [-0.2, 0) is 15.8 Å². The SMILES string of the molecule is CC(C)C1NC(=O)CC(C(=O)N[C@H](C)c2ccc(C(F)(F)F)cc2)N1. The summed E-state index contributed by atoms with van der Waals surface area (Å²) in [6.45, 7) is 5.52. The average molecular weight is 357 g/mol. The number of hydrogen-bond acceptors (Lipinski definition) is 3. The van der Waals surface area contributed by atoms with Crippen LogP contribution in [0.1, 0.15) is 44.4 Å². The fourth-order valence-electron chi connectivity index (χ4n) is 2.62. The van der Waals surface area contributed by atoms with Gasteiger partial charge in [0.2, 0.25) is 11.8 Å². The topological polar surface area (TPSA) is 70.2 Å². The van der Waals surface area contributed by atoms with Gasteiger partial charge >= 0.3 is 6.18 Å². The summed E-state index contributed by atoms with van der Waals surface area (Å²) in [6, 6.07) is 3.51. The van der Waals surface area contributed by atoms with Crippen molar-refractivity contribution in [2.45, 2.75) is 51.6 Å². The number of hydrogen-bond donors (Lipinski definition) is 3. The highest BCUT2D eigenvalue weighted by Crippen LogP contribution is 2.29. The van der Waals surface area contributed by atoms with E-state index in [1.807, 2.05) is 13.8 Å². The minimum atomic E-state index is -4.39. The van der Waals surface area contributed by atoms with Crippen LogP contribution < -0.4 is 16.0 Å². The van der Waals surface area contributed by atoms with Crippen LogP contribution in [0, 0.1) is 5.92 Å². The molecule has 1 aliphatic heterocycles. The van der Waals surface area contributed by atoms with Gasteiger partial charge in [-0.1, -0.05) is 26.0 Å². The van der Waals surface area contributed by atoms with Crippen LogP contribution in [0.5, 0.6) is 0 Å². The molecule has 1 aromatic carbocycles. The molecule has 3 N–H and O–H groups in total. The van der Waals surface area contributed by atoms with Crippen molar-refractivity contribution in [1.82, 2.24) is 16.0 Å². The van der Waals surface area contributed by atoms with Crippen molar-refractivity contribution in [3.8, 4) is 0 Å². The minimum Gasteiger partial charge on any atom is -0.348 e. The number of nitrogens with one attached hydrogen (secondary N) is 3. The molecule has 2 rings (SSSR count). The molecule has 5 nitrogen and oxygen atoms in total. The fraction of sp³-hybridized carbons (Fsp3) is 0.529. The lowest BCUT2D eigenvalue weighted by Gasteiger charge is -2.33. The van der Waals surface area contributed by atoms with E-state index in [9.17, 15) is 22.8 Å². The van der Waals surface area contributed by atoms with Gasteiger partial charge in [0.25, 0.3) is 0 Å². The molecule has 3 atom stereocenters. The fourth-order valence-corrected chi connectivity index (χ4v) is 2.62. The summed E-state index contributed by atoms with van der Waals surface area (Å²) in [4.78, 5) is 24.1. The predicted molar refractivity (Wildman–Crippen MR) is 86.3 cm³/mol. The van der Waals surface area contributed by atoms with Crippen molar-refractivity contribution in [3.63, 3.8) is 0 Å². The van der Waals surface area contributed by atoms with E-state index in [1.54, 1.807) is 6.92 Å². The lowest BCUT2D eigenvalue weighted by Crippen LogP contribution is -2.62. The Balaban J connectivity index is 2.00. The second-order valence-electron chi connectivity index (χ2n) is 6.56. The van der Waals surface area contributed by atoms with Crippen LogP contribution in [-0.4, -0.2) is 24.0 Å². The number of alkyl halides is 3. The number of halogens is 3. The maximum Gasteiger partial charge on any atom is 0.416 e. The Morgan fingerprint density at radius 2 is 1.80 bits per heavy atom. The van der Waals surface area contributed by atoms with E-state index < -0.39 is 23.8 Å². The molecule has 1 aromatic rings. The van der Waals surface area contributed by atoms with E-state index >= 15 is 0 Å².